The van der Waals surface area contributed by atoms with E-state index < -0.39 is 0 Å². The summed E-state index contributed by atoms with van der Waals surface area (Å²) >= 11 is 0. The first-order valence-corrected chi connectivity index (χ1v) is 4.67. The highest BCUT2D eigenvalue weighted by atomic mass is 16.2. The number of aromatic amines is 1. The zero-order valence-corrected chi connectivity index (χ0v) is 8.54. The van der Waals surface area contributed by atoms with E-state index in [1.54, 1.807) is 12.4 Å². The van der Waals surface area contributed by atoms with E-state index in [2.05, 4.69) is 20.8 Å². The Kier molecular flexibility index (Phi) is 4.33. The summed E-state index contributed by atoms with van der Waals surface area (Å²) in [6.07, 6.45) is 3.65. The third-order valence-corrected chi connectivity index (χ3v) is 1.77. The van der Waals surface area contributed by atoms with Crippen molar-refractivity contribution in [1.29, 1.82) is 0 Å². The Morgan fingerprint density at radius 1 is 1.47 bits per heavy atom. The predicted octanol–water partition coefficient (Wildman–Crippen LogP) is -0.448. The van der Waals surface area contributed by atoms with Gasteiger partial charge in [0, 0.05) is 38.2 Å². The Labute approximate surface area is 87.4 Å². The van der Waals surface area contributed by atoms with Gasteiger partial charge in [-0.2, -0.15) is 5.10 Å². The Hall–Kier alpha value is -1.85. The fraction of sp³-hybridized carbons (Fsp3) is 0.444. The zero-order valence-electron chi connectivity index (χ0n) is 8.54. The Morgan fingerprint density at radius 3 is 2.87 bits per heavy atom. The molecule has 6 nitrogen and oxygen atoms in total. The monoisotopic (exact) mass is 210 g/mol. The lowest BCUT2D eigenvalue weighted by molar-refractivity contribution is -0.121. The molecule has 82 valence electrons. The van der Waals surface area contributed by atoms with Crippen molar-refractivity contribution in [1.82, 2.24) is 20.8 Å². The molecule has 0 saturated heterocycles. The van der Waals surface area contributed by atoms with Crippen LogP contribution in [0.1, 0.15) is 18.9 Å². The molecule has 0 aliphatic carbocycles. The van der Waals surface area contributed by atoms with Crippen LogP contribution in [0.2, 0.25) is 0 Å². The van der Waals surface area contributed by atoms with Gasteiger partial charge in [-0.25, -0.2) is 0 Å². The van der Waals surface area contributed by atoms with Crippen LogP contribution < -0.4 is 10.6 Å². The molecular weight excluding hydrogens is 196 g/mol. The summed E-state index contributed by atoms with van der Waals surface area (Å²) in [6.45, 7) is 2.24. The fourth-order valence-electron chi connectivity index (χ4n) is 1.02. The first-order chi connectivity index (χ1) is 7.18. The summed E-state index contributed by atoms with van der Waals surface area (Å²) in [6, 6.07) is 0. The van der Waals surface area contributed by atoms with Gasteiger partial charge in [-0.3, -0.25) is 14.7 Å². The van der Waals surface area contributed by atoms with Crippen molar-refractivity contribution >= 4 is 11.8 Å². The van der Waals surface area contributed by atoms with E-state index >= 15 is 0 Å². The number of nitrogens with zero attached hydrogens (tertiary/aromatic N) is 1. The number of rotatable bonds is 5. The van der Waals surface area contributed by atoms with Crippen molar-refractivity contribution in [2.24, 2.45) is 0 Å². The van der Waals surface area contributed by atoms with Gasteiger partial charge < -0.3 is 10.6 Å². The Balaban J connectivity index is 2.11. The van der Waals surface area contributed by atoms with Gasteiger partial charge in [-0.15, -0.1) is 0 Å². The molecule has 1 aromatic rings. The lowest BCUT2D eigenvalue weighted by Crippen LogP contribution is -2.29. The number of hydrogen-bond acceptors (Lipinski definition) is 3. The average Bonchev–Trinajstić information content (AvgIpc) is 2.66. The second-order valence-electron chi connectivity index (χ2n) is 3.12. The first-order valence-electron chi connectivity index (χ1n) is 4.67. The molecule has 1 heterocycles. The molecule has 0 unspecified atom stereocenters. The van der Waals surface area contributed by atoms with E-state index in [9.17, 15) is 9.59 Å². The van der Waals surface area contributed by atoms with Crippen molar-refractivity contribution in [2.75, 3.05) is 6.54 Å². The van der Waals surface area contributed by atoms with E-state index in [0.717, 1.165) is 5.56 Å². The third kappa shape index (κ3) is 4.80. The van der Waals surface area contributed by atoms with Crippen LogP contribution in [0.3, 0.4) is 0 Å². The highest BCUT2D eigenvalue weighted by Gasteiger charge is 2.01. The predicted molar refractivity (Wildman–Crippen MR) is 53.7 cm³/mol. The van der Waals surface area contributed by atoms with Crippen molar-refractivity contribution in [2.45, 2.75) is 19.9 Å². The normalized spacial score (nSPS) is 9.67. The van der Waals surface area contributed by atoms with Crippen molar-refractivity contribution in [3.63, 3.8) is 0 Å². The zero-order chi connectivity index (χ0) is 11.1. The number of carbonyl (C=O) groups is 2. The van der Waals surface area contributed by atoms with E-state index in [-0.39, 0.29) is 18.2 Å². The van der Waals surface area contributed by atoms with Gasteiger partial charge in [-0.05, 0) is 0 Å². The molecule has 1 rings (SSSR count). The van der Waals surface area contributed by atoms with E-state index in [4.69, 9.17) is 0 Å². The molecule has 0 aliphatic rings. The van der Waals surface area contributed by atoms with Gasteiger partial charge in [0.05, 0.1) is 6.20 Å². The summed E-state index contributed by atoms with van der Waals surface area (Å²) in [5.74, 6) is -0.220. The smallest absolute Gasteiger partial charge is 0.222 e. The molecule has 0 fully saturated rings. The summed E-state index contributed by atoms with van der Waals surface area (Å²) in [5.41, 5.74) is 0.919. The van der Waals surface area contributed by atoms with Crippen molar-refractivity contribution in [3.05, 3.63) is 18.0 Å². The standard InChI is InChI=1S/C9H14N4O2/c1-7(14)10-3-2-9(15)11-4-8-5-12-13-6-8/h5-6H,2-4H2,1H3,(H,10,14)(H,11,15)(H,12,13). The van der Waals surface area contributed by atoms with Crippen LogP contribution in [0.25, 0.3) is 0 Å². The molecule has 0 spiro atoms. The van der Waals surface area contributed by atoms with Crippen molar-refractivity contribution < 1.29 is 9.59 Å². The van der Waals surface area contributed by atoms with Crippen LogP contribution in [0.5, 0.6) is 0 Å². The van der Waals surface area contributed by atoms with Gasteiger partial charge in [0.2, 0.25) is 11.8 Å². The number of hydrogen-bond donors (Lipinski definition) is 3. The lowest BCUT2D eigenvalue weighted by Gasteiger charge is -2.03. The quantitative estimate of drug-likeness (QED) is 0.615. The maximum atomic E-state index is 11.2. The highest BCUT2D eigenvalue weighted by Crippen LogP contribution is 1.92. The molecule has 3 N–H and O–H groups in total. The van der Waals surface area contributed by atoms with Crippen LogP contribution in [-0.4, -0.2) is 28.6 Å². The maximum Gasteiger partial charge on any atom is 0.222 e. The van der Waals surface area contributed by atoms with E-state index in [1.807, 2.05) is 0 Å². The van der Waals surface area contributed by atoms with Gasteiger partial charge in [0.25, 0.3) is 0 Å². The molecule has 0 radical (unpaired) electrons. The van der Waals surface area contributed by atoms with Gasteiger partial charge in [0.15, 0.2) is 0 Å². The molecule has 0 atom stereocenters. The molecule has 0 bridgehead atoms. The Morgan fingerprint density at radius 2 is 2.27 bits per heavy atom. The van der Waals surface area contributed by atoms with E-state index in [0.29, 0.717) is 13.1 Å². The Bertz CT molecular complexity index is 321. The summed E-state index contributed by atoms with van der Waals surface area (Å²) < 4.78 is 0. The van der Waals surface area contributed by atoms with Crippen molar-refractivity contribution in [3.8, 4) is 0 Å². The summed E-state index contributed by atoms with van der Waals surface area (Å²) in [7, 11) is 0. The maximum absolute atomic E-state index is 11.2. The summed E-state index contributed by atoms with van der Waals surface area (Å²) in [4.78, 5) is 21.7. The van der Waals surface area contributed by atoms with Gasteiger partial charge in [0.1, 0.15) is 0 Å². The summed E-state index contributed by atoms with van der Waals surface area (Å²) in [5, 5.41) is 11.7. The average molecular weight is 210 g/mol. The molecule has 0 saturated carbocycles. The van der Waals surface area contributed by atoms with Gasteiger partial charge >= 0.3 is 0 Å². The number of nitrogens with one attached hydrogen (secondary N) is 3. The second kappa shape index (κ2) is 5.79. The van der Waals surface area contributed by atoms with Crippen LogP contribution in [0, 0.1) is 0 Å². The first kappa shape index (κ1) is 11.2. The molecule has 1 aromatic heterocycles. The number of amides is 2. The SMILES string of the molecule is CC(=O)NCCC(=O)NCc1cn[nH]c1. The third-order valence-electron chi connectivity index (χ3n) is 1.77. The van der Waals surface area contributed by atoms with Crippen LogP contribution in [0.4, 0.5) is 0 Å². The van der Waals surface area contributed by atoms with Gasteiger partial charge in [-0.1, -0.05) is 0 Å². The molecule has 0 aliphatic heterocycles. The molecule has 2 amide bonds. The fourth-order valence-corrected chi connectivity index (χ4v) is 1.02. The molecule has 15 heavy (non-hydrogen) atoms. The second-order valence-corrected chi connectivity index (χ2v) is 3.12. The molecule has 0 aromatic carbocycles. The minimum atomic E-state index is -0.127. The molecular formula is C9H14N4O2. The minimum Gasteiger partial charge on any atom is -0.356 e. The van der Waals surface area contributed by atoms with E-state index in [1.165, 1.54) is 6.92 Å². The topological polar surface area (TPSA) is 86.9 Å². The van der Waals surface area contributed by atoms with Crippen LogP contribution in [0.15, 0.2) is 12.4 Å². The van der Waals surface area contributed by atoms with Crippen LogP contribution in [-0.2, 0) is 16.1 Å². The number of aromatic nitrogens is 2. The minimum absolute atomic E-state index is 0.0926. The highest BCUT2D eigenvalue weighted by molar-refractivity contribution is 5.77. The molecule has 6 heteroatoms. The van der Waals surface area contributed by atoms with Crippen LogP contribution >= 0.6 is 0 Å². The lowest BCUT2D eigenvalue weighted by atomic mass is 10.3. The number of carbonyl (C=O) groups excluding carboxylic acids is 2. The largest absolute Gasteiger partial charge is 0.356 e. The number of H-pyrrole nitrogens is 1.